The molecule has 1 N–H and O–H groups in total. The van der Waals surface area contributed by atoms with Gasteiger partial charge < -0.3 is 10.1 Å². The fourth-order valence-electron chi connectivity index (χ4n) is 2.43. The Kier molecular flexibility index (Phi) is 4.34. The van der Waals surface area contributed by atoms with Crippen LogP contribution in [0.4, 0.5) is 11.4 Å². The number of anilines is 1. The highest BCUT2D eigenvalue weighted by atomic mass is 16.6. The van der Waals surface area contributed by atoms with Crippen molar-refractivity contribution in [3.05, 3.63) is 33.9 Å². The van der Waals surface area contributed by atoms with Crippen LogP contribution in [-0.4, -0.2) is 43.2 Å². The topological polar surface area (TPSA) is 67.6 Å². The minimum absolute atomic E-state index is 0.113. The first-order chi connectivity index (χ1) is 9.13. The first-order valence-corrected chi connectivity index (χ1v) is 6.34. The Labute approximate surface area is 112 Å². The van der Waals surface area contributed by atoms with E-state index in [0.29, 0.717) is 11.8 Å². The Balaban J connectivity index is 2.07. The lowest BCUT2D eigenvalue weighted by Crippen LogP contribution is -2.22. The zero-order valence-electron chi connectivity index (χ0n) is 11.3. The molecule has 19 heavy (non-hydrogen) atoms. The van der Waals surface area contributed by atoms with Crippen molar-refractivity contribution in [3.8, 4) is 0 Å². The highest BCUT2D eigenvalue weighted by Gasteiger charge is 2.22. The van der Waals surface area contributed by atoms with Gasteiger partial charge in [0, 0.05) is 39.9 Å². The largest absolute Gasteiger partial charge is 0.383 e. The molecule has 1 aliphatic rings. The normalized spacial score (nSPS) is 19.6. The molecule has 0 spiro atoms. The molecule has 0 radical (unpaired) electrons. The summed E-state index contributed by atoms with van der Waals surface area (Å²) in [6.45, 7) is 2.72. The molecule has 6 heteroatoms. The van der Waals surface area contributed by atoms with Crippen LogP contribution >= 0.6 is 0 Å². The molecule has 0 amide bonds. The Morgan fingerprint density at radius 3 is 2.95 bits per heavy atom. The number of benzene rings is 1. The second-order valence-corrected chi connectivity index (χ2v) is 4.74. The molecule has 1 aliphatic heterocycles. The van der Waals surface area contributed by atoms with Crippen LogP contribution in [0.2, 0.25) is 0 Å². The molecule has 1 unspecified atom stereocenters. The molecule has 6 nitrogen and oxygen atoms in total. The fraction of sp³-hybridized carbons (Fsp3) is 0.538. The molecule has 0 bridgehead atoms. The SMILES string of the molecule is CNc1cc(CN2CCC(OC)C2)ccc1[N+](=O)[O-]. The summed E-state index contributed by atoms with van der Waals surface area (Å²) in [5.41, 5.74) is 1.75. The third-order valence-electron chi connectivity index (χ3n) is 3.50. The maximum absolute atomic E-state index is 10.9. The Hall–Kier alpha value is -1.66. The summed E-state index contributed by atoms with van der Waals surface area (Å²) < 4.78 is 5.33. The summed E-state index contributed by atoms with van der Waals surface area (Å²) in [5.74, 6) is 0. The highest BCUT2D eigenvalue weighted by Crippen LogP contribution is 2.26. The smallest absolute Gasteiger partial charge is 0.292 e. The molecule has 0 aromatic heterocycles. The van der Waals surface area contributed by atoms with Crippen molar-refractivity contribution in [1.29, 1.82) is 0 Å². The summed E-state index contributed by atoms with van der Waals surface area (Å²) >= 11 is 0. The van der Waals surface area contributed by atoms with Crippen molar-refractivity contribution in [3.63, 3.8) is 0 Å². The predicted molar refractivity (Wildman–Crippen MR) is 73.3 cm³/mol. The lowest BCUT2D eigenvalue weighted by atomic mass is 10.1. The average Bonchev–Trinajstić information content (AvgIpc) is 2.86. The minimum Gasteiger partial charge on any atom is -0.383 e. The summed E-state index contributed by atoms with van der Waals surface area (Å²) in [6.07, 6.45) is 1.35. The van der Waals surface area contributed by atoms with Gasteiger partial charge >= 0.3 is 0 Å². The molecule has 1 atom stereocenters. The summed E-state index contributed by atoms with van der Waals surface area (Å²) in [6, 6.07) is 5.22. The van der Waals surface area contributed by atoms with E-state index in [4.69, 9.17) is 4.74 Å². The number of nitro benzene ring substituents is 1. The van der Waals surface area contributed by atoms with Crippen molar-refractivity contribution in [2.24, 2.45) is 0 Å². The van der Waals surface area contributed by atoms with Crippen LogP contribution in [-0.2, 0) is 11.3 Å². The molecular weight excluding hydrogens is 246 g/mol. The standard InChI is InChI=1S/C13H19N3O3/c1-14-12-7-10(3-4-13(12)16(17)18)8-15-6-5-11(9-15)19-2/h3-4,7,11,14H,5-6,8-9H2,1-2H3. The van der Waals surface area contributed by atoms with E-state index in [1.165, 1.54) is 0 Å². The van der Waals surface area contributed by atoms with Gasteiger partial charge in [-0.1, -0.05) is 6.07 Å². The maximum Gasteiger partial charge on any atom is 0.292 e. The van der Waals surface area contributed by atoms with Gasteiger partial charge in [0.1, 0.15) is 5.69 Å². The molecule has 2 rings (SSSR count). The van der Waals surface area contributed by atoms with Gasteiger partial charge in [0.15, 0.2) is 0 Å². The van der Waals surface area contributed by atoms with Gasteiger partial charge in [-0.3, -0.25) is 15.0 Å². The number of hydrogen-bond donors (Lipinski definition) is 1. The number of likely N-dealkylation sites (tertiary alicyclic amines) is 1. The zero-order valence-corrected chi connectivity index (χ0v) is 11.3. The van der Waals surface area contributed by atoms with E-state index in [1.54, 1.807) is 20.2 Å². The van der Waals surface area contributed by atoms with Crippen LogP contribution in [0.25, 0.3) is 0 Å². The van der Waals surface area contributed by atoms with E-state index in [-0.39, 0.29) is 10.6 Å². The first kappa shape index (κ1) is 13.8. The van der Waals surface area contributed by atoms with Crippen LogP contribution in [0.1, 0.15) is 12.0 Å². The quantitative estimate of drug-likeness (QED) is 0.650. The number of hydrogen-bond acceptors (Lipinski definition) is 5. The van der Waals surface area contributed by atoms with E-state index < -0.39 is 0 Å². The number of methoxy groups -OCH3 is 1. The second-order valence-electron chi connectivity index (χ2n) is 4.74. The van der Waals surface area contributed by atoms with Crippen LogP contribution in [0.15, 0.2) is 18.2 Å². The maximum atomic E-state index is 10.9. The Morgan fingerprint density at radius 1 is 1.58 bits per heavy atom. The number of nitrogens with zero attached hydrogens (tertiary/aromatic N) is 2. The zero-order chi connectivity index (χ0) is 13.8. The van der Waals surface area contributed by atoms with E-state index in [9.17, 15) is 10.1 Å². The molecule has 1 heterocycles. The van der Waals surface area contributed by atoms with Crippen LogP contribution in [0, 0.1) is 10.1 Å². The molecule has 0 aliphatic carbocycles. The molecule has 1 saturated heterocycles. The van der Waals surface area contributed by atoms with Gasteiger partial charge in [-0.05, 0) is 18.1 Å². The monoisotopic (exact) mass is 265 g/mol. The van der Waals surface area contributed by atoms with Gasteiger partial charge in [0.2, 0.25) is 0 Å². The molecule has 1 fully saturated rings. The van der Waals surface area contributed by atoms with Crippen LogP contribution in [0.5, 0.6) is 0 Å². The highest BCUT2D eigenvalue weighted by molar-refractivity contribution is 5.62. The molecular formula is C13H19N3O3. The third-order valence-corrected chi connectivity index (χ3v) is 3.50. The number of nitrogens with one attached hydrogen (secondary N) is 1. The van der Waals surface area contributed by atoms with E-state index in [1.807, 2.05) is 12.1 Å². The molecule has 1 aromatic rings. The van der Waals surface area contributed by atoms with Crippen LogP contribution < -0.4 is 5.32 Å². The van der Waals surface area contributed by atoms with Crippen LogP contribution in [0.3, 0.4) is 0 Å². The Morgan fingerprint density at radius 2 is 2.37 bits per heavy atom. The van der Waals surface area contributed by atoms with Crippen molar-refractivity contribution in [2.75, 3.05) is 32.6 Å². The predicted octanol–water partition coefficient (Wildman–Crippen LogP) is 1.86. The molecule has 1 aromatic carbocycles. The average molecular weight is 265 g/mol. The van der Waals surface area contributed by atoms with Gasteiger partial charge in [-0.25, -0.2) is 0 Å². The lowest BCUT2D eigenvalue weighted by Gasteiger charge is -2.16. The number of ether oxygens (including phenoxy) is 1. The van der Waals surface area contributed by atoms with Gasteiger partial charge in [0.25, 0.3) is 5.69 Å². The van der Waals surface area contributed by atoms with E-state index in [2.05, 4.69) is 10.2 Å². The van der Waals surface area contributed by atoms with E-state index >= 15 is 0 Å². The second kappa shape index (κ2) is 5.99. The fourth-order valence-corrected chi connectivity index (χ4v) is 2.43. The lowest BCUT2D eigenvalue weighted by molar-refractivity contribution is -0.384. The Bertz CT molecular complexity index is 464. The summed E-state index contributed by atoms with van der Waals surface area (Å²) in [7, 11) is 3.43. The van der Waals surface area contributed by atoms with E-state index in [0.717, 1.165) is 31.6 Å². The minimum atomic E-state index is -0.369. The van der Waals surface area contributed by atoms with Gasteiger partial charge in [-0.15, -0.1) is 0 Å². The summed E-state index contributed by atoms with van der Waals surface area (Å²) in [5, 5.41) is 13.7. The van der Waals surface area contributed by atoms with Crippen molar-refractivity contribution in [2.45, 2.75) is 19.1 Å². The number of nitro groups is 1. The molecule has 104 valence electrons. The van der Waals surface area contributed by atoms with Crippen molar-refractivity contribution in [1.82, 2.24) is 4.90 Å². The van der Waals surface area contributed by atoms with Gasteiger partial charge in [-0.2, -0.15) is 0 Å². The number of rotatable bonds is 5. The third kappa shape index (κ3) is 3.21. The first-order valence-electron chi connectivity index (χ1n) is 6.34. The van der Waals surface area contributed by atoms with Crippen molar-refractivity contribution < 1.29 is 9.66 Å². The summed E-state index contributed by atoms with van der Waals surface area (Å²) in [4.78, 5) is 12.8. The molecule has 0 saturated carbocycles. The van der Waals surface area contributed by atoms with Gasteiger partial charge in [0.05, 0.1) is 11.0 Å². The van der Waals surface area contributed by atoms with Crippen molar-refractivity contribution >= 4 is 11.4 Å².